The summed E-state index contributed by atoms with van der Waals surface area (Å²) in [7, 11) is 0. The standard InChI is InChI=1S/C18H29NO2/c1-6-9-20-17-14(19)11-16(17)21-15-8-7-13(10-12(15)2)18(3,4)5/h7-8,10,14,16-17H,6,9,11,19H2,1-5H3. The molecule has 0 radical (unpaired) electrons. The topological polar surface area (TPSA) is 44.5 Å². The lowest BCUT2D eigenvalue weighted by Gasteiger charge is -2.42. The fourth-order valence-corrected chi connectivity index (χ4v) is 2.63. The van der Waals surface area contributed by atoms with E-state index in [2.05, 4.69) is 52.8 Å². The van der Waals surface area contributed by atoms with Crippen LogP contribution in [0.5, 0.6) is 5.75 Å². The van der Waals surface area contributed by atoms with E-state index in [1.165, 1.54) is 11.1 Å². The van der Waals surface area contributed by atoms with Crippen LogP contribution in [0.4, 0.5) is 0 Å². The fraction of sp³-hybridized carbons (Fsp3) is 0.667. The highest BCUT2D eigenvalue weighted by Gasteiger charge is 2.41. The molecule has 3 unspecified atom stereocenters. The summed E-state index contributed by atoms with van der Waals surface area (Å²) in [6.45, 7) is 11.6. The van der Waals surface area contributed by atoms with Gasteiger partial charge >= 0.3 is 0 Å². The monoisotopic (exact) mass is 291 g/mol. The van der Waals surface area contributed by atoms with Crippen LogP contribution in [-0.2, 0) is 10.2 Å². The number of aryl methyl sites for hydroxylation is 1. The van der Waals surface area contributed by atoms with Gasteiger partial charge in [-0.2, -0.15) is 0 Å². The quantitative estimate of drug-likeness (QED) is 0.902. The fourth-order valence-electron chi connectivity index (χ4n) is 2.63. The van der Waals surface area contributed by atoms with E-state index in [9.17, 15) is 0 Å². The zero-order valence-corrected chi connectivity index (χ0v) is 14.0. The van der Waals surface area contributed by atoms with Crippen molar-refractivity contribution < 1.29 is 9.47 Å². The van der Waals surface area contributed by atoms with Gasteiger partial charge in [-0.15, -0.1) is 0 Å². The molecule has 2 rings (SSSR count). The predicted molar refractivity (Wildman–Crippen MR) is 86.9 cm³/mol. The van der Waals surface area contributed by atoms with Gasteiger partial charge in [0, 0.05) is 19.1 Å². The molecular formula is C18H29NO2. The second kappa shape index (κ2) is 6.37. The maximum absolute atomic E-state index is 6.12. The molecule has 21 heavy (non-hydrogen) atoms. The Hall–Kier alpha value is -1.06. The second-order valence-electron chi connectivity index (χ2n) is 7.12. The van der Waals surface area contributed by atoms with Gasteiger partial charge in [0.15, 0.2) is 0 Å². The summed E-state index contributed by atoms with van der Waals surface area (Å²) in [5.74, 6) is 0.949. The first-order chi connectivity index (χ1) is 9.82. The third kappa shape index (κ3) is 3.78. The van der Waals surface area contributed by atoms with Crippen LogP contribution in [0.15, 0.2) is 18.2 Å². The Morgan fingerprint density at radius 3 is 2.52 bits per heavy atom. The van der Waals surface area contributed by atoms with Gasteiger partial charge in [0.25, 0.3) is 0 Å². The van der Waals surface area contributed by atoms with Crippen LogP contribution in [0.2, 0.25) is 0 Å². The molecule has 2 N–H and O–H groups in total. The predicted octanol–water partition coefficient (Wildman–Crippen LogP) is 3.57. The highest BCUT2D eigenvalue weighted by Crippen LogP contribution is 2.32. The lowest BCUT2D eigenvalue weighted by Crippen LogP contribution is -2.59. The molecule has 0 heterocycles. The van der Waals surface area contributed by atoms with Crippen LogP contribution in [0.1, 0.15) is 51.7 Å². The number of rotatable bonds is 5. The van der Waals surface area contributed by atoms with E-state index in [0.29, 0.717) is 0 Å². The molecule has 0 aromatic heterocycles. The summed E-state index contributed by atoms with van der Waals surface area (Å²) in [5, 5.41) is 0. The number of benzene rings is 1. The molecule has 0 bridgehead atoms. The van der Waals surface area contributed by atoms with E-state index in [1.807, 2.05) is 0 Å². The first-order valence-electron chi connectivity index (χ1n) is 7.98. The van der Waals surface area contributed by atoms with E-state index in [0.717, 1.165) is 25.2 Å². The van der Waals surface area contributed by atoms with Crippen LogP contribution in [-0.4, -0.2) is 24.9 Å². The van der Waals surface area contributed by atoms with E-state index in [-0.39, 0.29) is 23.7 Å². The maximum atomic E-state index is 6.12. The SMILES string of the molecule is CCCOC1C(N)CC1Oc1ccc(C(C)(C)C)cc1C. The van der Waals surface area contributed by atoms with Crippen LogP contribution in [0, 0.1) is 6.92 Å². The zero-order chi connectivity index (χ0) is 15.6. The smallest absolute Gasteiger partial charge is 0.128 e. The Labute approximate surface area is 128 Å². The number of hydrogen-bond acceptors (Lipinski definition) is 3. The lowest BCUT2D eigenvalue weighted by atomic mass is 9.85. The largest absolute Gasteiger partial charge is 0.487 e. The summed E-state index contributed by atoms with van der Waals surface area (Å²) in [6.07, 6.45) is 2.00. The average Bonchev–Trinajstić information content (AvgIpc) is 2.39. The van der Waals surface area contributed by atoms with Gasteiger partial charge in [0.05, 0.1) is 0 Å². The van der Waals surface area contributed by atoms with E-state index >= 15 is 0 Å². The van der Waals surface area contributed by atoms with Gasteiger partial charge < -0.3 is 15.2 Å². The van der Waals surface area contributed by atoms with E-state index < -0.39 is 0 Å². The molecule has 1 aliphatic rings. The molecule has 1 saturated carbocycles. The van der Waals surface area contributed by atoms with Crippen LogP contribution in [0.25, 0.3) is 0 Å². The van der Waals surface area contributed by atoms with Crippen molar-refractivity contribution in [2.75, 3.05) is 6.61 Å². The van der Waals surface area contributed by atoms with Crippen molar-refractivity contribution in [3.8, 4) is 5.75 Å². The summed E-state index contributed by atoms with van der Waals surface area (Å²) in [4.78, 5) is 0. The van der Waals surface area contributed by atoms with Gasteiger partial charge in [0.2, 0.25) is 0 Å². The first-order valence-corrected chi connectivity index (χ1v) is 7.98. The zero-order valence-electron chi connectivity index (χ0n) is 14.0. The highest BCUT2D eigenvalue weighted by molar-refractivity contribution is 5.39. The van der Waals surface area contributed by atoms with Gasteiger partial charge in [-0.1, -0.05) is 39.8 Å². The Bertz CT molecular complexity index is 479. The molecule has 1 aromatic carbocycles. The van der Waals surface area contributed by atoms with Crippen LogP contribution >= 0.6 is 0 Å². The van der Waals surface area contributed by atoms with Crippen molar-refractivity contribution in [3.05, 3.63) is 29.3 Å². The van der Waals surface area contributed by atoms with E-state index in [4.69, 9.17) is 15.2 Å². The summed E-state index contributed by atoms with van der Waals surface area (Å²) in [6, 6.07) is 6.56. The minimum Gasteiger partial charge on any atom is -0.487 e. The number of nitrogens with two attached hydrogens (primary N) is 1. The molecule has 3 atom stereocenters. The molecule has 0 saturated heterocycles. The molecule has 0 amide bonds. The third-order valence-electron chi connectivity index (χ3n) is 4.13. The first kappa shape index (κ1) is 16.3. The van der Waals surface area contributed by atoms with Gasteiger partial charge in [-0.05, 0) is 36.0 Å². The second-order valence-corrected chi connectivity index (χ2v) is 7.12. The average molecular weight is 291 g/mol. The van der Waals surface area contributed by atoms with Crippen molar-refractivity contribution in [2.24, 2.45) is 5.73 Å². The van der Waals surface area contributed by atoms with Crippen molar-refractivity contribution >= 4 is 0 Å². The Kier molecular flexibility index (Phi) is 4.95. The summed E-state index contributed by atoms with van der Waals surface area (Å²) < 4.78 is 11.9. The molecule has 3 nitrogen and oxygen atoms in total. The third-order valence-corrected chi connectivity index (χ3v) is 4.13. The molecule has 0 spiro atoms. The van der Waals surface area contributed by atoms with Crippen LogP contribution in [0.3, 0.4) is 0 Å². The van der Waals surface area contributed by atoms with Crippen LogP contribution < -0.4 is 10.5 Å². The van der Waals surface area contributed by atoms with E-state index in [1.54, 1.807) is 0 Å². The molecule has 1 fully saturated rings. The van der Waals surface area contributed by atoms with Crippen molar-refractivity contribution in [3.63, 3.8) is 0 Å². The normalized spacial score (nSPS) is 25.5. The summed E-state index contributed by atoms with van der Waals surface area (Å²) in [5.41, 5.74) is 8.69. The number of hydrogen-bond donors (Lipinski definition) is 1. The Morgan fingerprint density at radius 1 is 1.29 bits per heavy atom. The molecule has 0 aliphatic heterocycles. The maximum Gasteiger partial charge on any atom is 0.128 e. The number of ether oxygens (including phenoxy) is 2. The molecule has 1 aliphatic carbocycles. The molecular weight excluding hydrogens is 262 g/mol. The molecule has 3 heteroatoms. The highest BCUT2D eigenvalue weighted by atomic mass is 16.5. The summed E-state index contributed by atoms with van der Waals surface area (Å²) >= 11 is 0. The van der Waals surface area contributed by atoms with Gasteiger partial charge in [-0.25, -0.2) is 0 Å². The molecule has 118 valence electrons. The van der Waals surface area contributed by atoms with Crippen molar-refractivity contribution in [1.29, 1.82) is 0 Å². The molecule has 1 aromatic rings. The minimum absolute atomic E-state index is 0.0339. The minimum atomic E-state index is 0.0339. The van der Waals surface area contributed by atoms with Gasteiger partial charge in [-0.3, -0.25) is 0 Å². The van der Waals surface area contributed by atoms with Gasteiger partial charge in [0.1, 0.15) is 18.0 Å². The Morgan fingerprint density at radius 2 is 2.00 bits per heavy atom. The van der Waals surface area contributed by atoms with Crippen molar-refractivity contribution in [1.82, 2.24) is 0 Å². The lowest BCUT2D eigenvalue weighted by molar-refractivity contribution is -0.0981. The Balaban J connectivity index is 2.03. The van der Waals surface area contributed by atoms with Crippen molar-refractivity contribution in [2.45, 2.75) is 71.1 Å².